The lowest BCUT2D eigenvalue weighted by Crippen LogP contribution is -2.24. The van der Waals surface area contributed by atoms with Gasteiger partial charge in [0.05, 0.1) is 0 Å². The quantitative estimate of drug-likeness (QED) is 0.741. The van der Waals surface area contributed by atoms with Crippen molar-refractivity contribution in [2.75, 3.05) is 13.6 Å². The lowest BCUT2D eigenvalue weighted by Gasteiger charge is -2.18. The van der Waals surface area contributed by atoms with Crippen molar-refractivity contribution in [2.45, 2.75) is 32.1 Å². The highest BCUT2D eigenvalue weighted by Gasteiger charge is 2.12. The van der Waals surface area contributed by atoms with E-state index in [4.69, 9.17) is 4.84 Å². The van der Waals surface area contributed by atoms with Gasteiger partial charge in [-0.1, -0.05) is 36.4 Å². The maximum atomic E-state index is 5.91. The minimum absolute atomic E-state index is 0.936. The molecule has 2 aromatic carbocycles. The second kappa shape index (κ2) is 6.77. The van der Waals surface area contributed by atoms with Crippen LogP contribution in [0.3, 0.4) is 0 Å². The standard InChI is InChI=1S/C19H23NO/c1-20(14-6-9-16-7-3-2-4-8-16)21-19-13-12-17-10-5-11-18(17)15-19/h2-4,7-8,12-13,15H,5-6,9-11,14H2,1H3. The number of hydrogen-bond donors (Lipinski definition) is 0. The Labute approximate surface area is 127 Å². The normalized spacial score (nSPS) is 13.4. The highest BCUT2D eigenvalue weighted by Crippen LogP contribution is 2.26. The Balaban J connectivity index is 1.47. The van der Waals surface area contributed by atoms with Gasteiger partial charge < -0.3 is 4.84 Å². The Morgan fingerprint density at radius 2 is 1.81 bits per heavy atom. The first-order valence-electron chi connectivity index (χ1n) is 7.86. The first-order chi connectivity index (χ1) is 10.3. The van der Waals surface area contributed by atoms with Gasteiger partial charge in [-0.05, 0) is 60.9 Å². The molecule has 0 fully saturated rings. The Kier molecular flexibility index (Phi) is 4.56. The fraction of sp³-hybridized carbons (Fsp3) is 0.368. The molecule has 0 radical (unpaired) electrons. The van der Waals surface area contributed by atoms with Gasteiger partial charge in [0.25, 0.3) is 0 Å². The van der Waals surface area contributed by atoms with Gasteiger partial charge in [-0.2, -0.15) is 0 Å². The molecule has 0 bridgehead atoms. The van der Waals surface area contributed by atoms with Gasteiger partial charge in [-0.25, -0.2) is 0 Å². The number of aryl methyl sites for hydroxylation is 3. The predicted octanol–water partition coefficient (Wildman–Crippen LogP) is 4.03. The van der Waals surface area contributed by atoms with Gasteiger partial charge >= 0.3 is 0 Å². The zero-order chi connectivity index (χ0) is 14.5. The van der Waals surface area contributed by atoms with Crippen molar-refractivity contribution < 1.29 is 4.84 Å². The van der Waals surface area contributed by atoms with Crippen LogP contribution in [0.15, 0.2) is 48.5 Å². The minimum atomic E-state index is 0.936. The molecular formula is C19H23NO. The minimum Gasteiger partial charge on any atom is -0.406 e. The van der Waals surface area contributed by atoms with E-state index >= 15 is 0 Å². The molecule has 0 unspecified atom stereocenters. The van der Waals surface area contributed by atoms with E-state index in [-0.39, 0.29) is 0 Å². The highest BCUT2D eigenvalue weighted by molar-refractivity contribution is 5.38. The van der Waals surface area contributed by atoms with Crippen molar-refractivity contribution in [1.82, 2.24) is 5.06 Å². The molecule has 2 heteroatoms. The average Bonchev–Trinajstić information content (AvgIpc) is 2.96. The lowest BCUT2D eigenvalue weighted by atomic mass is 10.1. The van der Waals surface area contributed by atoms with Crippen LogP contribution in [0.2, 0.25) is 0 Å². The van der Waals surface area contributed by atoms with Crippen molar-refractivity contribution in [1.29, 1.82) is 0 Å². The fourth-order valence-electron chi connectivity index (χ4n) is 2.98. The highest BCUT2D eigenvalue weighted by atomic mass is 16.7. The smallest absolute Gasteiger partial charge is 0.147 e. The van der Waals surface area contributed by atoms with Crippen LogP contribution in [-0.4, -0.2) is 18.7 Å². The van der Waals surface area contributed by atoms with Gasteiger partial charge in [0.2, 0.25) is 0 Å². The summed E-state index contributed by atoms with van der Waals surface area (Å²) in [5.74, 6) is 0.970. The number of nitrogens with zero attached hydrogens (tertiary/aromatic N) is 1. The molecule has 1 aliphatic carbocycles. The third-order valence-corrected chi connectivity index (χ3v) is 4.11. The molecule has 0 heterocycles. The Morgan fingerprint density at radius 3 is 2.67 bits per heavy atom. The largest absolute Gasteiger partial charge is 0.406 e. The number of fused-ring (bicyclic) bond motifs is 1. The van der Waals surface area contributed by atoms with Crippen molar-refractivity contribution in [3.05, 3.63) is 65.2 Å². The van der Waals surface area contributed by atoms with E-state index in [0.717, 1.165) is 25.1 Å². The van der Waals surface area contributed by atoms with Crippen molar-refractivity contribution in [3.63, 3.8) is 0 Å². The monoisotopic (exact) mass is 281 g/mol. The maximum Gasteiger partial charge on any atom is 0.147 e. The van der Waals surface area contributed by atoms with Crippen LogP contribution in [0.1, 0.15) is 29.5 Å². The summed E-state index contributed by atoms with van der Waals surface area (Å²) in [5, 5.41) is 1.94. The van der Waals surface area contributed by atoms with Crippen LogP contribution in [0.25, 0.3) is 0 Å². The van der Waals surface area contributed by atoms with Gasteiger partial charge in [-0.15, -0.1) is 5.06 Å². The van der Waals surface area contributed by atoms with E-state index in [1.807, 2.05) is 12.1 Å². The summed E-state index contributed by atoms with van der Waals surface area (Å²) in [5.41, 5.74) is 4.35. The molecule has 1 aliphatic rings. The molecule has 0 atom stereocenters. The van der Waals surface area contributed by atoms with Crippen LogP contribution < -0.4 is 4.84 Å². The second-order valence-corrected chi connectivity index (χ2v) is 5.82. The molecule has 0 amide bonds. The van der Waals surface area contributed by atoms with Gasteiger partial charge in [0.15, 0.2) is 0 Å². The van der Waals surface area contributed by atoms with Crippen LogP contribution in [0, 0.1) is 0 Å². The van der Waals surface area contributed by atoms with Crippen LogP contribution >= 0.6 is 0 Å². The molecule has 0 saturated heterocycles. The van der Waals surface area contributed by atoms with Crippen LogP contribution in [0.5, 0.6) is 5.75 Å². The number of rotatable bonds is 6. The summed E-state index contributed by atoms with van der Waals surface area (Å²) in [6, 6.07) is 17.1. The molecule has 0 aromatic heterocycles. The third-order valence-electron chi connectivity index (χ3n) is 4.11. The van der Waals surface area contributed by atoms with E-state index in [9.17, 15) is 0 Å². The molecule has 110 valence electrons. The zero-order valence-electron chi connectivity index (χ0n) is 12.7. The molecule has 2 nitrogen and oxygen atoms in total. The van der Waals surface area contributed by atoms with Gasteiger partial charge in [-0.3, -0.25) is 0 Å². The first kappa shape index (κ1) is 14.2. The Hall–Kier alpha value is -1.80. The fourth-order valence-corrected chi connectivity index (χ4v) is 2.98. The third kappa shape index (κ3) is 3.85. The van der Waals surface area contributed by atoms with Crippen molar-refractivity contribution in [3.8, 4) is 5.75 Å². The summed E-state index contributed by atoms with van der Waals surface area (Å²) in [6.45, 7) is 0.936. The number of hydroxylamine groups is 2. The second-order valence-electron chi connectivity index (χ2n) is 5.82. The molecule has 2 aromatic rings. The van der Waals surface area contributed by atoms with E-state index in [0.29, 0.717) is 0 Å². The molecular weight excluding hydrogens is 258 g/mol. The average molecular weight is 281 g/mol. The summed E-state index contributed by atoms with van der Waals surface area (Å²) in [7, 11) is 2.01. The van der Waals surface area contributed by atoms with Crippen LogP contribution in [-0.2, 0) is 19.3 Å². The molecule has 0 saturated carbocycles. The lowest BCUT2D eigenvalue weighted by molar-refractivity contribution is -0.0322. The van der Waals surface area contributed by atoms with Crippen molar-refractivity contribution in [2.24, 2.45) is 0 Å². The van der Waals surface area contributed by atoms with E-state index in [1.54, 1.807) is 0 Å². The predicted molar refractivity (Wildman–Crippen MR) is 86.5 cm³/mol. The number of benzene rings is 2. The van der Waals surface area contributed by atoms with E-state index < -0.39 is 0 Å². The van der Waals surface area contributed by atoms with Gasteiger partial charge in [0, 0.05) is 13.6 Å². The van der Waals surface area contributed by atoms with Gasteiger partial charge in [0.1, 0.15) is 5.75 Å². The molecule has 21 heavy (non-hydrogen) atoms. The zero-order valence-corrected chi connectivity index (χ0v) is 12.7. The Morgan fingerprint density at radius 1 is 1.00 bits per heavy atom. The summed E-state index contributed by atoms with van der Waals surface area (Å²) in [4.78, 5) is 5.91. The summed E-state index contributed by atoms with van der Waals surface area (Å²) >= 11 is 0. The first-order valence-corrected chi connectivity index (χ1v) is 7.86. The molecule has 0 aliphatic heterocycles. The van der Waals surface area contributed by atoms with Crippen LogP contribution in [0.4, 0.5) is 0 Å². The summed E-state index contributed by atoms with van der Waals surface area (Å²) < 4.78 is 0. The number of hydrogen-bond acceptors (Lipinski definition) is 2. The molecule has 0 spiro atoms. The Bertz CT molecular complexity index is 579. The maximum absolute atomic E-state index is 5.91. The topological polar surface area (TPSA) is 12.5 Å². The summed E-state index contributed by atoms with van der Waals surface area (Å²) in [6.07, 6.45) is 5.91. The SMILES string of the molecule is CN(CCCc1ccccc1)Oc1ccc2c(c1)CCC2. The van der Waals surface area contributed by atoms with Crippen molar-refractivity contribution >= 4 is 0 Å². The molecule has 0 N–H and O–H groups in total. The van der Waals surface area contributed by atoms with E-state index in [1.165, 1.54) is 36.0 Å². The van der Waals surface area contributed by atoms with E-state index in [2.05, 4.69) is 48.5 Å². The molecule has 3 rings (SSSR count).